The van der Waals surface area contributed by atoms with E-state index in [1.54, 1.807) is 11.3 Å². The van der Waals surface area contributed by atoms with Crippen LogP contribution in [0.5, 0.6) is 0 Å². The number of nitrogens with one attached hydrogen (secondary N) is 1. The number of anilines is 1. The highest BCUT2D eigenvalue weighted by Gasteiger charge is 2.07. The second kappa shape index (κ2) is 7.28. The number of aromatic nitrogens is 1. The van der Waals surface area contributed by atoms with Gasteiger partial charge in [0.2, 0.25) is 5.13 Å². The van der Waals surface area contributed by atoms with Crippen molar-refractivity contribution in [2.24, 2.45) is 5.10 Å². The summed E-state index contributed by atoms with van der Waals surface area (Å²) >= 11 is 5.00. The van der Waals surface area contributed by atoms with Gasteiger partial charge in [0.25, 0.3) is 0 Å². The van der Waals surface area contributed by atoms with Crippen molar-refractivity contribution < 1.29 is 0 Å². The number of nitrogens with zero attached hydrogens (tertiary/aromatic N) is 2. The molecule has 3 rings (SSSR count). The molecule has 2 aromatic carbocycles. The summed E-state index contributed by atoms with van der Waals surface area (Å²) in [6, 6.07) is 14.5. The van der Waals surface area contributed by atoms with Crippen LogP contribution in [-0.4, -0.2) is 10.7 Å². The molecule has 0 aliphatic rings. The fourth-order valence-corrected chi connectivity index (χ4v) is 3.26. The molecule has 1 aromatic heterocycles. The van der Waals surface area contributed by atoms with Gasteiger partial charge in [-0.05, 0) is 50.1 Å². The molecule has 0 atom stereocenters. The van der Waals surface area contributed by atoms with Gasteiger partial charge in [0.15, 0.2) is 0 Å². The number of hydrazone groups is 1. The molecule has 0 spiro atoms. The Balaban J connectivity index is 1.77. The zero-order chi connectivity index (χ0) is 17.1. The minimum atomic E-state index is 0.794. The number of benzene rings is 2. The maximum Gasteiger partial charge on any atom is 0.203 e. The van der Waals surface area contributed by atoms with Crippen molar-refractivity contribution in [3.05, 3.63) is 69.0 Å². The van der Waals surface area contributed by atoms with E-state index in [2.05, 4.69) is 68.9 Å². The van der Waals surface area contributed by atoms with E-state index < -0.39 is 0 Å². The molecule has 3 nitrogen and oxygen atoms in total. The Morgan fingerprint density at radius 3 is 2.62 bits per heavy atom. The average Bonchev–Trinajstić information content (AvgIpc) is 3.04. The van der Waals surface area contributed by atoms with Crippen LogP contribution in [0.4, 0.5) is 5.13 Å². The molecule has 0 aliphatic carbocycles. The third-order valence-electron chi connectivity index (χ3n) is 3.75. The molecule has 3 aromatic rings. The van der Waals surface area contributed by atoms with Crippen molar-refractivity contribution in [1.82, 2.24) is 4.98 Å². The van der Waals surface area contributed by atoms with Crippen LogP contribution in [0.2, 0.25) is 0 Å². The highest BCUT2D eigenvalue weighted by atomic mass is 79.9. The van der Waals surface area contributed by atoms with Crippen LogP contribution in [0, 0.1) is 13.8 Å². The first-order chi connectivity index (χ1) is 11.5. The largest absolute Gasteiger partial charge is 0.252 e. The van der Waals surface area contributed by atoms with Crippen molar-refractivity contribution in [1.29, 1.82) is 0 Å². The van der Waals surface area contributed by atoms with Gasteiger partial charge in [-0.1, -0.05) is 45.8 Å². The molecule has 5 heteroatoms. The molecule has 0 bridgehead atoms. The second-order valence-corrected chi connectivity index (χ2v) is 7.45. The SMILES string of the molecule is C/C(=N/Nc1nc(-c2cc(C)ccc2C)cs1)c1ccc(Br)cc1. The van der Waals surface area contributed by atoms with Crippen LogP contribution in [0.1, 0.15) is 23.6 Å². The molecule has 1 N–H and O–H groups in total. The van der Waals surface area contributed by atoms with Crippen molar-refractivity contribution in [3.63, 3.8) is 0 Å². The Kier molecular flexibility index (Phi) is 5.11. The summed E-state index contributed by atoms with van der Waals surface area (Å²) in [5, 5.41) is 7.30. The normalized spacial score (nSPS) is 11.6. The Bertz CT molecular complexity index is 882. The van der Waals surface area contributed by atoms with Gasteiger partial charge in [0.1, 0.15) is 0 Å². The molecule has 0 saturated carbocycles. The van der Waals surface area contributed by atoms with Crippen LogP contribution in [0.3, 0.4) is 0 Å². The summed E-state index contributed by atoms with van der Waals surface area (Å²) in [5.74, 6) is 0. The van der Waals surface area contributed by atoms with Crippen molar-refractivity contribution >= 4 is 38.1 Å². The molecule has 0 unspecified atom stereocenters. The van der Waals surface area contributed by atoms with Crippen LogP contribution < -0.4 is 5.43 Å². The van der Waals surface area contributed by atoms with Gasteiger partial charge in [0.05, 0.1) is 11.4 Å². The fourth-order valence-electron chi connectivity index (χ4n) is 2.35. The standard InChI is InChI=1S/C19H18BrN3S/c1-12-4-5-13(2)17(10-12)18-11-24-19(21-18)23-22-14(3)15-6-8-16(20)9-7-15/h4-11H,1-3H3,(H,21,23)/b22-14-. The third-order valence-corrected chi connectivity index (χ3v) is 5.03. The predicted molar refractivity (Wildman–Crippen MR) is 107 cm³/mol. The van der Waals surface area contributed by atoms with Gasteiger partial charge in [-0.25, -0.2) is 4.98 Å². The lowest BCUT2D eigenvalue weighted by molar-refractivity contribution is 1.26. The van der Waals surface area contributed by atoms with Gasteiger partial charge in [0, 0.05) is 15.4 Å². The van der Waals surface area contributed by atoms with E-state index in [1.807, 2.05) is 31.2 Å². The van der Waals surface area contributed by atoms with Crippen LogP contribution in [0.15, 0.2) is 57.4 Å². The molecule has 0 amide bonds. The molecule has 122 valence electrons. The molecule has 0 saturated heterocycles. The Labute approximate surface area is 154 Å². The topological polar surface area (TPSA) is 37.3 Å². The Hall–Kier alpha value is -1.98. The zero-order valence-electron chi connectivity index (χ0n) is 13.8. The van der Waals surface area contributed by atoms with Crippen molar-refractivity contribution in [3.8, 4) is 11.3 Å². The lowest BCUT2D eigenvalue weighted by Gasteiger charge is -2.04. The maximum atomic E-state index is 4.66. The summed E-state index contributed by atoms with van der Waals surface area (Å²) in [7, 11) is 0. The second-order valence-electron chi connectivity index (χ2n) is 5.67. The van der Waals surface area contributed by atoms with Crippen LogP contribution >= 0.6 is 27.3 Å². The van der Waals surface area contributed by atoms with Gasteiger partial charge in [-0.15, -0.1) is 11.3 Å². The highest BCUT2D eigenvalue weighted by molar-refractivity contribution is 9.10. The van der Waals surface area contributed by atoms with Gasteiger partial charge < -0.3 is 0 Å². The quantitative estimate of drug-likeness (QED) is 0.429. The van der Waals surface area contributed by atoms with E-state index in [1.165, 1.54) is 16.7 Å². The van der Waals surface area contributed by atoms with E-state index >= 15 is 0 Å². The lowest BCUT2D eigenvalue weighted by atomic mass is 10.0. The fraction of sp³-hybridized carbons (Fsp3) is 0.158. The van der Waals surface area contributed by atoms with E-state index in [9.17, 15) is 0 Å². The summed E-state index contributed by atoms with van der Waals surface area (Å²) in [5.41, 5.74) is 9.70. The number of rotatable bonds is 4. The molecule has 1 heterocycles. The smallest absolute Gasteiger partial charge is 0.203 e. The summed E-state index contributed by atoms with van der Waals surface area (Å²) in [6.45, 7) is 6.19. The lowest BCUT2D eigenvalue weighted by Crippen LogP contribution is -1.99. The monoisotopic (exact) mass is 399 g/mol. The molecule has 0 fully saturated rings. The van der Waals surface area contributed by atoms with Crippen molar-refractivity contribution in [2.75, 3.05) is 5.43 Å². The highest BCUT2D eigenvalue weighted by Crippen LogP contribution is 2.28. The molecule has 24 heavy (non-hydrogen) atoms. The number of hydrogen-bond donors (Lipinski definition) is 1. The first kappa shape index (κ1) is 16.9. The minimum absolute atomic E-state index is 0.794. The third kappa shape index (κ3) is 3.91. The van der Waals surface area contributed by atoms with Crippen molar-refractivity contribution in [2.45, 2.75) is 20.8 Å². The number of hydrogen-bond acceptors (Lipinski definition) is 4. The molecular weight excluding hydrogens is 382 g/mol. The Morgan fingerprint density at radius 2 is 1.88 bits per heavy atom. The summed E-state index contributed by atoms with van der Waals surface area (Å²) < 4.78 is 1.06. The van der Waals surface area contributed by atoms with Gasteiger partial charge in [-0.2, -0.15) is 5.10 Å². The summed E-state index contributed by atoms with van der Waals surface area (Å²) in [6.07, 6.45) is 0. The maximum absolute atomic E-state index is 4.66. The minimum Gasteiger partial charge on any atom is -0.252 e. The van der Waals surface area contributed by atoms with Crippen LogP contribution in [-0.2, 0) is 0 Å². The van der Waals surface area contributed by atoms with Gasteiger partial charge >= 0.3 is 0 Å². The van der Waals surface area contributed by atoms with E-state index in [0.717, 1.165) is 26.6 Å². The average molecular weight is 400 g/mol. The van der Waals surface area contributed by atoms with E-state index in [-0.39, 0.29) is 0 Å². The molecular formula is C19H18BrN3S. The van der Waals surface area contributed by atoms with Gasteiger partial charge in [-0.3, -0.25) is 5.43 Å². The first-order valence-electron chi connectivity index (χ1n) is 7.62. The number of halogens is 1. The van der Waals surface area contributed by atoms with E-state index in [0.29, 0.717) is 0 Å². The molecule has 0 radical (unpaired) electrons. The Morgan fingerprint density at radius 1 is 1.12 bits per heavy atom. The molecule has 0 aliphatic heterocycles. The predicted octanol–water partition coefficient (Wildman–Crippen LogP) is 6.03. The zero-order valence-corrected chi connectivity index (χ0v) is 16.2. The van der Waals surface area contributed by atoms with E-state index in [4.69, 9.17) is 0 Å². The number of aryl methyl sites for hydroxylation is 2. The number of thiazole rings is 1. The van der Waals surface area contributed by atoms with Crippen LogP contribution in [0.25, 0.3) is 11.3 Å². The summed E-state index contributed by atoms with van der Waals surface area (Å²) in [4.78, 5) is 4.66. The first-order valence-corrected chi connectivity index (χ1v) is 9.29.